The number of amides is 2. The fraction of sp³-hybridized carbons (Fsp3) is 0. The van der Waals surface area contributed by atoms with E-state index in [0.29, 0.717) is 16.5 Å². The minimum absolute atomic E-state index is 0.177. The highest BCUT2D eigenvalue weighted by Gasteiger charge is 2.06. The maximum absolute atomic E-state index is 12.3. The van der Waals surface area contributed by atoms with E-state index in [0.717, 1.165) is 17.0 Å². The number of benzene rings is 3. The minimum Gasteiger partial charge on any atom is -0.507 e. The van der Waals surface area contributed by atoms with E-state index in [2.05, 4.69) is 10.5 Å². The molecule has 3 rings (SSSR count). The molecule has 28 heavy (non-hydrogen) atoms. The highest BCUT2D eigenvalue weighted by molar-refractivity contribution is 6.03. The van der Waals surface area contributed by atoms with Gasteiger partial charge in [-0.1, -0.05) is 36.4 Å². The second kappa shape index (κ2) is 8.61. The highest BCUT2D eigenvalue weighted by Crippen LogP contribution is 2.26. The van der Waals surface area contributed by atoms with Gasteiger partial charge in [0.1, 0.15) is 5.75 Å². The Kier molecular flexibility index (Phi) is 5.78. The van der Waals surface area contributed by atoms with Crippen LogP contribution in [0.2, 0.25) is 0 Å². The van der Waals surface area contributed by atoms with E-state index < -0.39 is 11.8 Å². The molecule has 0 aliphatic heterocycles. The second-order valence-electron chi connectivity index (χ2n) is 5.85. The van der Waals surface area contributed by atoms with Crippen molar-refractivity contribution in [2.75, 3.05) is 0 Å². The lowest BCUT2D eigenvalue weighted by Crippen LogP contribution is -2.17. The summed E-state index contributed by atoms with van der Waals surface area (Å²) in [7, 11) is 0. The first-order chi connectivity index (χ1) is 13.6. The van der Waals surface area contributed by atoms with Crippen molar-refractivity contribution in [1.82, 2.24) is 10.9 Å². The van der Waals surface area contributed by atoms with Crippen molar-refractivity contribution in [2.45, 2.75) is 0 Å². The van der Waals surface area contributed by atoms with Gasteiger partial charge >= 0.3 is 0 Å². The molecule has 0 radical (unpaired) electrons. The van der Waals surface area contributed by atoms with E-state index >= 15 is 0 Å². The normalized spacial score (nSPS) is 11.2. The predicted octanol–water partition coefficient (Wildman–Crippen LogP) is 2.83. The van der Waals surface area contributed by atoms with Crippen molar-refractivity contribution in [3.63, 3.8) is 0 Å². The van der Waals surface area contributed by atoms with Crippen LogP contribution in [0.15, 0.2) is 71.8 Å². The molecule has 7 heteroatoms. The molecule has 0 spiro atoms. The van der Waals surface area contributed by atoms with E-state index in [1.807, 2.05) is 18.2 Å². The fourth-order valence-corrected chi connectivity index (χ4v) is 2.64. The van der Waals surface area contributed by atoms with Gasteiger partial charge in [0.25, 0.3) is 11.8 Å². The number of phenolic OH excluding ortho intramolecular Hbond substituents is 1. The molecule has 0 unspecified atom stereocenters. The SMILES string of the molecule is O=C(C=Cc1cccc(C(=O)NN=Cc2ccc(O)c3ccccc23)c1)NO. The topological polar surface area (TPSA) is 111 Å². The number of carbonyl (C=O) groups is 2. The Balaban J connectivity index is 1.73. The highest BCUT2D eigenvalue weighted by atomic mass is 16.5. The van der Waals surface area contributed by atoms with E-state index in [9.17, 15) is 14.7 Å². The summed E-state index contributed by atoms with van der Waals surface area (Å²) in [5.74, 6) is -0.904. The second-order valence-corrected chi connectivity index (χ2v) is 5.85. The van der Waals surface area contributed by atoms with Gasteiger partial charge in [0, 0.05) is 22.6 Å². The van der Waals surface area contributed by atoms with Crippen LogP contribution in [-0.2, 0) is 4.79 Å². The van der Waals surface area contributed by atoms with Crippen LogP contribution in [0.1, 0.15) is 21.5 Å². The first-order valence-corrected chi connectivity index (χ1v) is 8.35. The third-order valence-corrected chi connectivity index (χ3v) is 3.99. The molecule has 0 atom stereocenters. The molecule has 3 aromatic rings. The molecular weight excluding hydrogens is 358 g/mol. The average molecular weight is 375 g/mol. The van der Waals surface area contributed by atoms with Gasteiger partial charge in [0.2, 0.25) is 0 Å². The van der Waals surface area contributed by atoms with Crippen LogP contribution in [0.4, 0.5) is 0 Å². The third-order valence-electron chi connectivity index (χ3n) is 3.99. The Morgan fingerprint density at radius 3 is 2.54 bits per heavy atom. The molecule has 0 aromatic heterocycles. The summed E-state index contributed by atoms with van der Waals surface area (Å²) in [4.78, 5) is 23.3. The summed E-state index contributed by atoms with van der Waals surface area (Å²) in [5, 5.41) is 23.9. The molecule has 0 aliphatic rings. The molecule has 3 aromatic carbocycles. The van der Waals surface area contributed by atoms with Crippen LogP contribution >= 0.6 is 0 Å². The zero-order valence-corrected chi connectivity index (χ0v) is 14.7. The summed E-state index contributed by atoms with van der Waals surface area (Å²) in [6.07, 6.45) is 4.12. The molecular formula is C21H17N3O4. The Labute approximate surface area is 160 Å². The van der Waals surface area contributed by atoms with Crippen molar-refractivity contribution in [3.05, 3.63) is 83.4 Å². The number of aromatic hydroxyl groups is 1. The Morgan fingerprint density at radius 1 is 0.964 bits per heavy atom. The van der Waals surface area contributed by atoms with E-state index in [4.69, 9.17) is 5.21 Å². The molecule has 7 nitrogen and oxygen atoms in total. The van der Waals surface area contributed by atoms with Gasteiger partial charge in [-0.3, -0.25) is 14.8 Å². The lowest BCUT2D eigenvalue weighted by Gasteiger charge is -2.04. The molecule has 4 N–H and O–H groups in total. The number of hydrogen-bond acceptors (Lipinski definition) is 5. The summed E-state index contributed by atoms with van der Waals surface area (Å²) in [5.41, 5.74) is 5.67. The van der Waals surface area contributed by atoms with Gasteiger partial charge in [-0.05, 0) is 41.3 Å². The molecule has 0 saturated heterocycles. The first-order valence-electron chi connectivity index (χ1n) is 8.35. The lowest BCUT2D eigenvalue weighted by molar-refractivity contribution is -0.124. The number of nitrogens with one attached hydrogen (secondary N) is 2. The van der Waals surface area contributed by atoms with Gasteiger partial charge in [-0.2, -0.15) is 5.10 Å². The Bertz CT molecular complexity index is 1090. The maximum Gasteiger partial charge on any atom is 0.271 e. The van der Waals surface area contributed by atoms with Crippen LogP contribution in [0.5, 0.6) is 5.75 Å². The van der Waals surface area contributed by atoms with E-state index in [1.54, 1.807) is 42.5 Å². The van der Waals surface area contributed by atoms with E-state index in [1.165, 1.54) is 17.8 Å². The molecule has 0 bridgehead atoms. The number of hydroxylamine groups is 1. The largest absolute Gasteiger partial charge is 0.507 e. The van der Waals surface area contributed by atoms with Crippen molar-refractivity contribution in [3.8, 4) is 5.75 Å². The zero-order chi connectivity index (χ0) is 19.9. The van der Waals surface area contributed by atoms with Crippen molar-refractivity contribution < 1.29 is 19.9 Å². The number of hydrazone groups is 1. The predicted molar refractivity (Wildman–Crippen MR) is 106 cm³/mol. The Hall–Kier alpha value is -3.97. The first kappa shape index (κ1) is 18.8. The quantitative estimate of drug-likeness (QED) is 0.238. The molecule has 140 valence electrons. The van der Waals surface area contributed by atoms with Gasteiger partial charge < -0.3 is 5.11 Å². The van der Waals surface area contributed by atoms with Crippen molar-refractivity contribution >= 4 is 34.9 Å². The lowest BCUT2D eigenvalue weighted by atomic mass is 10.0. The van der Waals surface area contributed by atoms with Crippen LogP contribution in [0.25, 0.3) is 16.8 Å². The molecule has 0 saturated carbocycles. The van der Waals surface area contributed by atoms with Gasteiger partial charge in [-0.15, -0.1) is 0 Å². The monoisotopic (exact) mass is 375 g/mol. The average Bonchev–Trinajstić information content (AvgIpc) is 2.74. The number of rotatable bonds is 5. The molecule has 0 heterocycles. The molecule has 0 aliphatic carbocycles. The summed E-state index contributed by atoms with van der Waals surface area (Å²) in [6, 6.07) is 17.2. The van der Waals surface area contributed by atoms with Crippen LogP contribution in [-0.4, -0.2) is 28.3 Å². The number of fused-ring (bicyclic) bond motifs is 1. The van der Waals surface area contributed by atoms with Crippen molar-refractivity contribution in [2.24, 2.45) is 5.10 Å². The number of carbonyl (C=O) groups excluding carboxylic acids is 2. The fourth-order valence-electron chi connectivity index (χ4n) is 2.64. The number of phenols is 1. The van der Waals surface area contributed by atoms with Gasteiger partial charge in [0.05, 0.1) is 6.21 Å². The maximum atomic E-state index is 12.3. The van der Waals surface area contributed by atoms with Crippen LogP contribution < -0.4 is 10.9 Å². The minimum atomic E-state index is -0.666. The van der Waals surface area contributed by atoms with Crippen molar-refractivity contribution in [1.29, 1.82) is 0 Å². The summed E-state index contributed by atoms with van der Waals surface area (Å²) < 4.78 is 0. The molecule has 0 fully saturated rings. The number of hydrogen-bond donors (Lipinski definition) is 4. The third kappa shape index (κ3) is 4.40. The summed E-state index contributed by atoms with van der Waals surface area (Å²) in [6.45, 7) is 0. The number of nitrogens with zero attached hydrogens (tertiary/aromatic N) is 1. The van der Waals surface area contributed by atoms with Crippen LogP contribution in [0.3, 0.4) is 0 Å². The zero-order valence-electron chi connectivity index (χ0n) is 14.7. The van der Waals surface area contributed by atoms with Crippen LogP contribution in [0, 0.1) is 0 Å². The van der Waals surface area contributed by atoms with Gasteiger partial charge in [0.15, 0.2) is 0 Å². The standard InChI is InChI=1S/C21H17N3O4/c25-19-10-9-16(17-6-1-2-7-18(17)19)13-22-23-21(27)15-5-3-4-14(12-15)8-11-20(26)24-28/h1-13,25,28H,(H,23,27)(H,24,26). The molecule has 2 amide bonds. The smallest absolute Gasteiger partial charge is 0.271 e. The Morgan fingerprint density at radius 2 is 1.75 bits per heavy atom. The summed E-state index contributed by atoms with van der Waals surface area (Å²) >= 11 is 0. The van der Waals surface area contributed by atoms with E-state index in [-0.39, 0.29) is 5.75 Å². The van der Waals surface area contributed by atoms with Gasteiger partial charge in [-0.25, -0.2) is 10.9 Å².